The van der Waals surface area contributed by atoms with Gasteiger partial charge in [-0.15, -0.1) is 0 Å². The number of halogens is 3. The molecule has 3 fully saturated rings. The molecule has 2 bridgehead atoms. The Morgan fingerprint density at radius 1 is 1.03 bits per heavy atom. The molecule has 3 aliphatic carbocycles. The van der Waals surface area contributed by atoms with Crippen LogP contribution in [0, 0.1) is 10.8 Å². The third-order valence-electron chi connectivity index (χ3n) is 9.34. The fraction of sp³-hybridized carbons (Fsp3) is 0.483. The van der Waals surface area contributed by atoms with Gasteiger partial charge in [0, 0.05) is 36.8 Å². The van der Waals surface area contributed by atoms with E-state index >= 15 is 0 Å². The van der Waals surface area contributed by atoms with Gasteiger partial charge in [0.05, 0.1) is 17.5 Å². The van der Waals surface area contributed by atoms with Crippen molar-refractivity contribution in [3.8, 4) is 0 Å². The van der Waals surface area contributed by atoms with Gasteiger partial charge in [-0.1, -0.05) is 12.1 Å². The maximum atomic E-state index is 13.6. The molecule has 3 heterocycles. The number of amides is 1. The SMILES string of the molecule is O=C(CC12CCC(C(=O)O)(CC1)CC2)N1CCc2c(n(Cc3cccc(C(F)(F)F)c3)c3ncccc23)C1. The molecule has 1 amide bonds. The van der Waals surface area contributed by atoms with Crippen molar-refractivity contribution in [1.82, 2.24) is 14.5 Å². The molecule has 1 N–H and O–H groups in total. The van der Waals surface area contributed by atoms with Crippen molar-refractivity contribution in [2.75, 3.05) is 6.54 Å². The fourth-order valence-corrected chi connectivity index (χ4v) is 6.95. The number of rotatable bonds is 5. The first-order valence-electron chi connectivity index (χ1n) is 13.2. The standard InChI is InChI=1S/C29H30F3N3O3/c30-29(31,32)20-4-1-3-19(15-20)17-35-23-18-34(14-6-21(23)22-5-2-13-33-25(22)35)24(36)16-27-7-10-28(11-8-27,12-9-27)26(37)38/h1-5,13,15H,6-12,14,16-18H2,(H,37,38). The Labute approximate surface area is 218 Å². The first kappa shape index (κ1) is 24.9. The summed E-state index contributed by atoms with van der Waals surface area (Å²) >= 11 is 0. The second-order valence-electron chi connectivity index (χ2n) is 11.4. The quantitative estimate of drug-likeness (QED) is 0.457. The van der Waals surface area contributed by atoms with Crippen molar-refractivity contribution >= 4 is 22.9 Å². The highest BCUT2D eigenvalue weighted by atomic mass is 19.4. The minimum absolute atomic E-state index is 0.0733. The Morgan fingerprint density at radius 3 is 2.45 bits per heavy atom. The van der Waals surface area contributed by atoms with E-state index in [4.69, 9.17) is 0 Å². The molecule has 38 heavy (non-hydrogen) atoms. The molecule has 3 saturated carbocycles. The molecule has 0 atom stereocenters. The third-order valence-corrected chi connectivity index (χ3v) is 9.34. The number of aliphatic carboxylic acids is 1. The molecule has 4 aliphatic rings. The third kappa shape index (κ3) is 4.16. The molecule has 1 aliphatic heterocycles. The van der Waals surface area contributed by atoms with Crippen LogP contribution in [-0.4, -0.2) is 38.0 Å². The van der Waals surface area contributed by atoms with E-state index in [1.165, 1.54) is 12.1 Å². The van der Waals surface area contributed by atoms with Crippen molar-refractivity contribution in [2.45, 2.75) is 70.6 Å². The topological polar surface area (TPSA) is 75.4 Å². The molecular formula is C29H30F3N3O3. The van der Waals surface area contributed by atoms with Gasteiger partial charge in [-0.3, -0.25) is 9.59 Å². The zero-order chi connectivity index (χ0) is 26.7. The van der Waals surface area contributed by atoms with Crippen molar-refractivity contribution in [3.63, 3.8) is 0 Å². The molecule has 7 rings (SSSR count). The lowest BCUT2D eigenvalue weighted by molar-refractivity contribution is -0.160. The smallest absolute Gasteiger partial charge is 0.416 e. The average molecular weight is 526 g/mol. The number of carbonyl (C=O) groups excluding carboxylic acids is 1. The molecule has 0 radical (unpaired) electrons. The molecule has 6 nitrogen and oxygen atoms in total. The van der Waals surface area contributed by atoms with Gasteiger partial charge >= 0.3 is 12.1 Å². The maximum Gasteiger partial charge on any atom is 0.416 e. The van der Waals surface area contributed by atoms with E-state index in [9.17, 15) is 27.9 Å². The first-order chi connectivity index (χ1) is 18.1. The number of fused-ring (bicyclic) bond motifs is 6. The van der Waals surface area contributed by atoms with Gasteiger partial charge < -0.3 is 14.6 Å². The number of benzene rings is 1. The van der Waals surface area contributed by atoms with Crippen LogP contribution in [0.5, 0.6) is 0 Å². The van der Waals surface area contributed by atoms with E-state index in [0.717, 1.165) is 42.0 Å². The highest BCUT2D eigenvalue weighted by Crippen LogP contribution is 2.58. The minimum atomic E-state index is -4.42. The Bertz CT molecular complexity index is 1400. The van der Waals surface area contributed by atoms with Crippen LogP contribution in [0.1, 0.15) is 67.3 Å². The molecule has 0 spiro atoms. The Hall–Kier alpha value is -3.36. The van der Waals surface area contributed by atoms with Gasteiger partial charge in [-0.2, -0.15) is 13.2 Å². The number of carboxylic acids is 1. The normalized spacial score (nSPS) is 25.0. The van der Waals surface area contributed by atoms with Crippen molar-refractivity contribution < 1.29 is 27.9 Å². The Morgan fingerprint density at radius 2 is 1.76 bits per heavy atom. The Kier molecular flexibility index (Phi) is 5.81. The van der Waals surface area contributed by atoms with E-state index in [-0.39, 0.29) is 17.9 Å². The van der Waals surface area contributed by atoms with E-state index in [2.05, 4.69) is 4.98 Å². The van der Waals surface area contributed by atoms with Crippen LogP contribution in [-0.2, 0) is 35.3 Å². The molecule has 3 aromatic rings. The van der Waals surface area contributed by atoms with E-state index in [1.807, 2.05) is 21.6 Å². The molecule has 200 valence electrons. The monoisotopic (exact) mass is 525 g/mol. The number of carbonyl (C=O) groups is 2. The van der Waals surface area contributed by atoms with Gasteiger partial charge in [0.15, 0.2) is 0 Å². The van der Waals surface area contributed by atoms with E-state index in [0.29, 0.717) is 56.4 Å². The lowest BCUT2D eigenvalue weighted by Crippen LogP contribution is -2.48. The predicted octanol–water partition coefficient (Wildman–Crippen LogP) is 5.80. The van der Waals surface area contributed by atoms with Crippen molar-refractivity contribution in [3.05, 3.63) is 65.0 Å². The van der Waals surface area contributed by atoms with Crippen LogP contribution in [0.2, 0.25) is 0 Å². The van der Waals surface area contributed by atoms with Crippen molar-refractivity contribution in [2.24, 2.45) is 10.8 Å². The van der Waals surface area contributed by atoms with Gasteiger partial charge in [0.25, 0.3) is 0 Å². The second-order valence-corrected chi connectivity index (χ2v) is 11.4. The second kappa shape index (κ2) is 8.85. The number of pyridine rings is 1. The zero-order valence-electron chi connectivity index (χ0n) is 21.1. The summed E-state index contributed by atoms with van der Waals surface area (Å²) in [6, 6.07) is 9.20. The number of carboxylic acid groups (broad SMARTS) is 1. The van der Waals surface area contributed by atoms with Gasteiger partial charge in [0.1, 0.15) is 5.65 Å². The number of nitrogens with zero attached hydrogens (tertiary/aromatic N) is 3. The molecule has 2 aromatic heterocycles. The predicted molar refractivity (Wildman–Crippen MR) is 134 cm³/mol. The highest BCUT2D eigenvalue weighted by molar-refractivity contribution is 5.84. The summed E-state index contributed by atoms with van der Waals surface area (Å²) in [5, 5.41) is 10.7. The summed E-state index contributed by atoms with van der Waals surface area (Å²) in [7, 11) is 0. The highest BCUT2D eigenvalue weighted by Gasteiger charge is 2.53. The molecule has 0 unspecified atom stereocenters. The molecule has 9 heteroatoms. The summed E-state index contributed by atoms with van der Waals surface area (Å²) in [5.41, 5.74) is 1.85. The van der Waals surface area contributed by atoms with Crippen LogP contribution < -0.4 is 0 Å². The zero-order valence-corrected chi connectivity index (χ0v) is 21.1. The summed E-state index contributed by atoms with van der Waals surface area (Å²) in [6.45, 7) is 1.20. The summed E-state index contributed by atoms with van der Waals surface area (Å²) < 4.78 is 42.0. The van der Waals surface area contributed by atoms with Crippen LogP contribution in [0.4, 0.5) is 13.2 Å². The minimum Gasteiger partial charge on any atom is -0.481 e. The number of aromatic nitrogens is 2. The lowest BCUT2D eigenvalue weighted by atomic mass is 9.53. The van der Waals surface area contributed by atoms with Gasteiger partial charge in [-0.05, 0) is 85.8 Å². The van der Waals surface area contributed by atoms with Crippen LogP contribution >= 0.6 is 0 Å². The Balaban J connectivity index is 1.26. The summed E-state index contributed by atoms with van der Waals surface area (Å²) in [6.07, 6.45) is 2.55. The van der Waals surface area contributed by atoms with E-state index in [1.54, 1.807) is 12.3 Å². The lowest BCUT2D eigenvalue weighted by Gasteiger charge is -2.51. The van der Waals surface area contributed by atoms with Crippen molar-refractivity contribution in [1.29, 1.82) is 0 Å². The molecule has 1 aromatic carbocycles. The molecular weight excluding hydrogens is 495 g/mol. The first-order valence-corrected chi connectivity index (χ1v) is 13.2. The molecule has 0 saturated heterocycles. The van der Waals surface area contributed by atoms with Crippen LogP contribution in [0.25, 0.3) is 11.0 Å². The van der Waals surface area contributed by atoms with Crippen LogP contribution in [0.3, 0.4) is 0 Å². The van der Waals surface area contributed by atoms with Gasteiger partial charge in [-0.25, -0.2) is 4.98 Å². The number of hydrogen-bond acceptors (Lipinski definition) is 3. The van der Waals surface area contributed by atoms with Gasteiger partial charge in [0.2, 0.25) is 5.91 Å². The van der Waals surface area contributed by atoms with Crippen LogP contribution in [0.15, 0.2) is 42.6 Å². The largest absolute Gasteiger partial charge is 0.481 e. The maximum absolute atomic E-state index is 13.6. The number of hydrogen-bond donors (Lipinski definition) is 1. The summed E-state index contributed by atoms with van der Waals surface area (Å²) in [5.74, 6) is -0.632. The average Bonchev–Trinajstić information content (AvgIpc) is 3.22. The van der Waals surface area contributed by atoms with E-state index < -0.39 is 23.1 Å². The summed E-state index contributed by atoms with van der Waals surface area (Å²) in [4.78, 5) is 31.8. The fourth-order valence-electron chi connectivity index (χ4n) is 6.95. The number of alkyl halides is 3.